The van der Waals surface area contributed by atoms with Gasteiger partial charge in [0.2, 0.25) is 5.91 Å². The smallest absolute Gasteiger partial charge is 0.234 e. The molecule has 1 N–H and O–H groups in total. The monoisotopic (exact) mass is 274 g/mol. The maximum atomic E-state index is 11.9. The number of nitrogens with zero attached hydrogens (tertiary/aromatic N) is 1. The summed E-state index contributed by atoms with van der Waals surface area (Å²) in [6.45, 7) is 5.47. The standard InChI is InChI=1S/C17H26N2O/c1-4-19(3)12-17(20)18-13(2)15-10-9-14-7-5-6-8-16(14)11-15/h9-11,13H,4-8,12H2,1-3H3,(H,18,20). The number of amides is 1. The number of aryl methyl sites for hydroxylation is 2. The molecular weight excluding hydrogens is 248 g/mol. The maximum Gasteiger partial charge on any atom is 0.234 e. The minimum atomic E-state index is 0.0833. The van der Waals surface area contributed by atoms with Crippen molar-refractivity contribution in [2.75, 3.05) is 20.1 Å². The fourth-order valence-electron chi connectivity index (χ4n) is 2.75. The van der Waals surface area contributed by atoms with Gasteiger partial charge in [0, 0.05) is 0 Å². The van der Waals surface area contributed by atoms with Crippen LogP contribution in [0.25, 0.3) is 0 Å². The summed E-state index contributed by atoms with van der Waals surface area (Å²) in [5.41, 5.74) is 4.18. The number of hydrogen-bond donors (Lipinski definition) is 1. The zero-order chi connectivity index (χ0) is 14.5. The normalized spacial score (nSPS) is 15.8. The molecule has 0 fully saturated rings. The molecule has 0 heterocycles. The Bertz CT molecular complexity index is 470. The van der Waals surface area contributed by atoms with Crippen LogP contribution in [0.4, 0.5) is 0 Å². The van der Waals surface area contributed by atoms with Crippen LogP contribution in [0.2, 0.25) is 0 Å². The van der Waals surface area contributed by atoms with Crippen LogP contribution in [0.3, 0.4) is 0 Å². The molecule has 1 aliphatic carbocycles. The maximum absolute atomic E-state index is 11.9. The molecule has 1 aromatic rings. The first-order valence-electron chi connectivity index (χ1n) is 7.69. The van der Waals surface area contributed by atoms with Crippen molar-refractivity contribution in [3.05, 3.63) is 34.9 Å². The molecule has 110 valence electrons. The first kappa shape index (κ1) is 15.0. The summed E-state index contributed by atoms with van der Waals surface area (Å²) in [4.78, 5) is 13.9. The van der Waals surface area contributed by atoms with Gasteiger partial charge in [0.25, 0.3) is 0 Å². The summed E-state index contributed by atoms with van der Waals surface area (Å²) in [5, 5.41) is 3.09. The quantitative estimate of drug-likeness (QED) is 0.895. The van der Waals surface area contributed by atoms with Crippen LogP contribution < -0.4 is 5.32 Å². The van der Waals surface area contributed by atoms with Crippen molar-refractivity contribution in [3.8, 4) is 0 Å². The highest BCUT2D eigenvalue weighted by atomic mass is 16.2. The van der Waals surface area contributed by atoms with Gasteiger partial charge in [-0.05, 0) is 62.9 Å². The molecule has 1 amide bonds. The lowest BCUT2D eigenvalue weighted by Crippen LogP contribution is -2.36. The third-order valence-electron chi connectivity index (χ3n) is 4.20. The van der Waals surface area contributed by atoms with Crippen LogP contribution in [-0.2, 0) is 17.6 Å². The fraction of sp³-hybridized carbons (Fsp3) is 0.588. The van der Waals surface area contributed by atoms with Gasteiger partial charge in [0.05, 0.1) is 12.6 Å². The number of hydrogen-bond acceptors (Lipinski definition) is 2. The fourth-order valence-corrected chi connectivity index (χ4v) is 2.75. The van der Waals surface area contributed by atoms with Gasteiger partial charge in [-0.1, -0.05) is 25.1 Å². The molecule has 1 aromatic carbocycles. The summed E-state index contributed by atoms with van der Waals surface area (Å²) in [5.74, 6) is 0.0968. The van der Waals surface area contributed by atoms with Crippen molar-refractivity contribution < 1.29 is 4.79 Å². The van der Waals surface area contributed by atoms with Gasteiger partial charge in [-0.25, -0.2) is 0 Å². The topological polar surface area (TPSA) is 32.3 Å². The van der Waals surface area contributed by atoms with Crippen LogP contribution in [0.5, 0.6) is 0 Å². The van der Waals surface area contributed by atoms with Crippen molar-refractivity contribution >= 4 is 5.91 Å². The lowest BCUT2D eigenvalue weighted by molar-refractivity contribution is -0.122. The van der Waals surface area contributed by atoms with Gasteiger partial charge in [0.15, 0.2) is 0 Å². The summed E-state index contributed by atoms with van der Waals surface area (Å²) < 4.78 is 0. The number of carbonyl (C=O) groups is 1. The van der Waals surface area contributed by atoms with E-state index in [-0.39, 0.29) is 11.9 Å². The first-order chi connectivity index (χ1) is 9.60. The second-order valence-electron chi connectivity index (χ2n) is 5.85. The molecule has 1 unspecified atom stereocenters. The third kappa shape index (κ3) is 3.83. The Hall–Kier alpha value is -1.35. The number of carbonyl (C=O) groups excluding carboxylic acids is 1. The predicted molar refractivity (Wildman–Crippen MR) is 82.8 cm³/mol. The second kappa shape index (κ2) is 6.89. The predicted octanol–water partition coefficient (Wildman–Crippen LogP) is 2.69. The van der Waals surface area contributed by atoms with Crippen molar-refractivity contribution in [1.29, 1.82) is 0 Å². The van der Waals surface area contributed by atoms with E-state index in [0.29, 0.717) is 6.54 Å². The van der Waals surface area contributed by atoms with Gasteiger partial charge in [-0.2, -0.15) is 0 Å². The SMILES string of the molecule is CCN(C)CC(=O)NC(C)c1ccc2c(c1)CCCC2. The molecule has 3 heteroatoms. The van der Waals surface area contributed by atoms with Crippen LogP contribution in [0, 0.1) is 0 Å². The van der Waals surface area contributed by atoms with E-state index in [2.05, 4.69) is 37.4 Å². The van der Waals surface area contributed by atoms with Crippen LogP contribution in [0.1, 0.15) is 49.4 Å². The van der Waals surface area contributed by atoms with E-state index in [0.717, 1.165) is 6.54 Å². The van der Waals surface area contributed by atoms with E-state index in [1.807, 2.05) is 11.9 Å². The molecule has 0 aromatic heterocycles. The van der Waals surface area contributed by atoms with E-state index in [1.54, 1.807) is 0 Å². The molecule has 0 radical (unpaired) electrons. The minimum Gasteiger partial charge on any atom is -0.348 e. The number of fused-ring (bicyclic) bond motifs is 1. The van der Waals surface area contributed by atoms with Gasteiger partial charge in [0.1, 0.15) is 0 Å². The Morgan fingerprint density at radius 1 is 1.30 bits per heavy atom. The van der Waals surface area contributed by atoms with Gasteiger partial charge >= 0.3 is 0 Å². The first-order valence-corrected chi connectivity index (χ1v) is 7.69. The zero-order valence-corrected chi connectivity index (χ0v) is 12.9. The van der Waals surface area contributed by atoms with Gasteiger partial charge in [-0.15, -0.1) is 0 Å². The Morgan fingerprint density at radius 3 is 2.70 bits per heavy atom. The third-order valence-corrected chi connectivity index (χ3v) is 4.20. The number of benzene rings is 1. The summed E-state index contributed by atoms with van der Waals surface area (Å²) in [7, 11) is 1.96. The molecular formula is C17H26N2O. The molecule has 0 aliphatic heterocycles. The highest BCUT2D eigenvalue weighted by molar-refractivity contribution is 5.78. The van der Waals surface area contributed by atoms with Crippen LogP contribution in [0.15, 0.2) is 18.2 Å². The molecule has 0 bridgehead atoms. The summed E-state index contributed by atoms with van der Waals surface area (Å²) >= 11 is 0. The highest BCUT2D eigenvalue weighted by Gasteiger charge is 2.14. The van der Waals surface area contributed by atoms with Gasteiger partial charge < -0.3 is 5.32 Å². The molecule has 20 heavy (non-hydrogen) atoms. The molecule has 2 rings (SSSR count). The highest BCUT2D eigenvalue weighted by Crippen LogP contribution is 2.24. The Morgan fingerprint density at radius 2 is 2.00 bits per heavy atom. The number of nitrogens with one attached hydrogen (secondary N) is 1. The Labute approximate surface area is 122 Å². The van der Waals surface area contributed by atoms with Crippen molar-refractivity contribution in [2.24, 2.45) is 0 Å². The lowest BCUT2D eigenvalue weighted by atomic mass is 9.89. The molecule has 1 atom stereocenters. The average Bonchev–Trinajstić information content (AvgIpc) is 2.46. The summed E-state index contributed by atoms with van der Waals surface area (Å²) in [6.07, 6.45) is 4.99. The van der Waals surface area contributed by atoms with Crippen molar-refractivity contribution in [1.82, 2.24) is 10.2 Å². The second-order valence-corrected chi connectivity index (χ2v) is 5.85. The van der Waals surface area contributed by atoms with E-state index in [9.17, 15) is 4.79 Å². The molecule has 0 saturated heterocycles. The largest absolute Gasteiger partial charge is 0.348 e. The minimum absolute atomic E-state index is 0.0833. The van der Waals surface area contributed by atoms with Crippen LogP contribution in [-0.4, -0.2) is 30.9 Å². The van der Waals surface area contributed by atoms with E-state index in [4.69, 9.17) is 0 Å². The van der Waals surface area contributed by atoms with E-state index in [1.165, 1.54) is 42.4 Å². The van der Waals surface area contributed by atoms with Crippen LogP contribution >= 0.6 is 0 Å². The Kier molecular flexibility index (Phi) is 5.18. The molecule has 0 spiro atoms. The van der Waals surface area contributed by atoms with Gasteiger partial charge in [-0.3, -0.25) is 9.69 Å². The van der Waals surface area contributed by atoms with Crippen molar-refractivity contribution in [2.45, 2.75) is 45.6 Å². The summed E-state index contributed by atoms with van der Waals surface area (Å²) in [6, 6.07) is 6.77. The number of rotatable bonds is 5. The Balaban J connectivity index is 1.98. The lowest BCUT2D eigenvalue weighted by Gasteiger charge is -2.21. The molecule has 0 saturated carbocycles. The van der Waals surface area contributed by atoms with Crippen molar-refractivity contribution in [3.63, 3.8) is 0 Å². The zero-order valence-electron chi connectivity index (χ0n) is 12.9. The molecule has 1 aliphatic rings. The molecule has 3 nitrogen and oxygen atoms in total. The average molecular weight is 274 g/mol. The van der Waals surface area contributed by atoms with E-state index >= 15 is 0 Å². The number of likely N-dealkylation sites (N-methyl/N-ethyl adjacent to an activating group) is 1. The van der Waals surface area contributed by atoms with E-state index < -0.39 is 0 Å².